The Hall–Kier alpha value is -1.69. The van der Waals surface area contributed by atoms with Gasteiger partial charge in [0.15, 0.2) is 0 Å². The lowest BCUT2D eigenvalue weighted by Crippen LogP contribution is -2.35. The van der Waals surface area contributed by atoms with E-state index in [9.17, 15) is 9.59 Å². The number of nitrogens with one attached hydrogen (secondary N) is 1. The molecule has 0 aromatic carbocycles. The van der Waals surface area contributed by atoms with Crippen molar-refractivity contribution in [2.45, 2.75) is 13.8 Å². The van der Waals surface area contributed by atoms with E-state index < -0.39 is 17.8 Å². The summed E-state index contributed by atoms with van der Waals surface area (Å²) in [5.74, 6) is -2.14. The number of carbonyl (C=O) groups excluding carboxylic acids is 1. The fraction of sp³-hybridized carbons (Fsp3) is 0.455. The molecule has 2 N–H and O–H groups in total. The van der Waals surface area contributed by atoms with Gasteiger partial charge in [-0.1, -0.05) is 25.4 Å². The SMILES string of the molecule is CC(C)C(CNC(=O)c1cncc(Cl)n1)C(=O)O. The summed E-state index contributed by atoms with van der Waals surface area (Å²) >= 11 is 5.60. The van der Waals surface area contributed by atoms with Gasteiger partial charge < -0.3 is 10.4 Å². The summed E-state index contributed by atoms with van der Waals surface area (Å²) in [5, 5.41) is 11.6. The van der Waals surface area contributed by atoms with Gasteiger partial charge in [0.2, 0.25) is 0 Å². The van der Waals surface area contributed by atoms with Crippen LogP contribution in [0.3, 0.4) is 0 Å². The van der Waals surface area contributed by atoms with E-state index in [0.717, 1.165) is 0 Å². The monoisotopic (exact) mass is 271 g/mol. The number of halogens is 1. The molecule has 0 aliphatic rings. The second kappa shape index (κ2) is 6.30. The number of rotatable bonds is 5. The molecule has 1 rings (SSSR count). The summed E-state index contributed by atoms with van der Waals surface area (Å²) in [7, 11) is 0. The molecule has 0 saturated heterocycles. The molecule has 0 saturated carbocycles. The van der Waals surface area contributed by atoms with Crippen LogP contribution in [0.2, 0.25) is 5.15 Å². The van der Waals surface area contributed by atoms with Crippen molar-refractivity contribution in [2.75, 3.05) is 6.54 Å². The van der Waals surface area contributed by atoms with Gasteiger partial charge in [-0.25, -0.2) is 4.98 Å². The highest BCUT2D eigenvalue weighted by atomic mass is 35.5. The van der Waals surface area contributed by atoms with Crippen LogP contribution < -0.4 is 5.32 Å². The lowest BCUT2D eigenvalue weighted by atomic mass is 9.96. The van der Waals surface area contributed by atoms with Crippen LogP contribution in [0.4, 0.5) is 0 Å². The number of amides is 1. The molecule has 1 aromatic rings. The standard InChI is InChI=1S/C11H14ClN3O3/c1-6(2)7(11(17)18)3-14-10(16)8-4-13-5-9(12)15-8/h4-7H,3H2,1-2H3,(H,14,16)(H,17,18). The van der Waals surface area contributed by atoms with E-state index in [1.807, 2.05) is 0 Å². The molecule has 1 atom stereocenters. The Morgan fingerprint density at radius 1 is 1.44 bits per heavy atom. The first kappa shape index (κ1) is 14.4. The molecule has 0 radical (unpaired) electrons. The van der Waals surface area contributed by atoms with E-state index in [0.29, 0.717) is 0 Å². The first-order valence-electron chi connectivity index (χ1n) is 5.40. The Bertz CT molecular complexity index is 451. The van der Waals surface area contributed by atoms with Gasteiger partial charge in [-0.2, -0.15) is 0 Å². The molecule has 0 fully saturated rings. The topological polar surface area (TPSA) is 92.2 Å². The quantitative estimate of drug-likeness (QED) is 0.840. The molecule has 7 heteroatoms. The molecule has 1 amide bonds. The van der Waals surface area contributed by atoms with Gasteiger partial charge in [0.25, 0.3) is 5.91 Å². The van der Waals surface area contributed by atoms with Crippen LogP contribution in [-0.4, -0.2) is 33.5 Å². The number of aliphatic carboxylic acids is 1. The van der Waals surface area contributed by atoms with Crippen molar-refractivity contribution >= 4 is 23.5 Å². The molecule has 6 nitrogen and oxygen atoms in total. The van der Waals surface area contributed by atoms with Gasteiger partial charge in [-0.3, -0.25) is 14.6 Å². The largest absolute Gasteiger partial charge is 0.481 e. The van der Waals surface area contributed by atoms with Crippen molar-refractivity contribution < 1.29 is 14.7 Å². The summed E-state index contributed by atoms with van der Waals surface area (Å²) in [4.78, 5) is 30.1. The maximum Gasteiger partial charge on any atom is 0.308 e. The van der Waals surface area contributed by atoms with Crippen LogP contribution in [0.5, 0.6) is 0 Å². The summed E-state index contributed by atoms with van der Waals surface area (Å²) in [6.45, 7) is 3.61. The van der Waals surface area contributed by atoms with Crippen LogP contribution in [0.25, 0.3) is 0 Å². The number of carboxylic acid groups (broad SMARTS) is 1. The molecule has 0 aliphatic carbocycles. The molecule has 98 valence electrons. The Morgan fingerprint density at radius 2 is 2.11 bits per heavy atom. The van der Waals surface area contributed by atoms with Crippen LogP contribution in [0.1, 0.15) is 24.3 Å². The Labute approximate surface area is 109 Å². The van der Waals surface area contributed by atoms with Crippen LogP contribution >= 0.6 is 11.6 Å². The Balaban J connectivity index is 2.63. The van der Waals surface area contributed by atoms with E-state index >= 15 is 0 Å². The fourth-order valence-electron chi connectivity index (χ4n) is 1.35. The van der Waals surface area contributed by atoms with Gasteiger partial charge in [0.1, 0.15) is 10.8 Å². The average Bonchev–Trinajstić information content (AvgIpc) is 2.28. The third-order valence-corrected chi connectivity index (χ3v) is 2.62. The normalized spacial score (nSPS) is 12.2. The predicted molar refractivity (Wildman–Crippen MR) is 65.3 cm³/mol. The van der Waals surface area contributed by atoms with E-state index in [2.05, 4.69) is 15.3 Å². The number of nitrogens with zero attached hydrogens (tertiary/aromatic N) is 2. The van der Waals surface area contributed by atoms with Gasteiger partial charge in [-0.05, 0) is 5.92 Å². The van der Waals surface area contributed by atoms with Gasteiger partial charge in [-0.15, -0.1) is 0 Å². The van der Waals surface area contributed by atoms with E-state index in [1.165, 1.54) is 12.4 Å². The fourth-order valence-corrected chi connectivity index (χ4v) is 1.50. The summed E-state index contributed by atoms with van der Waals surface area (Å²) in [6.07, 6.45) is 2.58. The van der Waals surface area contributed by atoms with Gasteiger partial charge >= 0.3 is 5.97 Å². The zero-order valence-electron chi connectivity index (χ0n) is 10.1. The molecule has 1 heterocycles. The smallest absolute Gasteiger partial charge is 0.308 e. The highest BCUT2D eigenvalue weighted by molar-refractivity contribution is 6.29. The average molecular weight is 272 g/mol. The lowest BCUT2D eigenvalue weighted by Gasteiger charge is -2.16. The molecule has 1 unspecified atom stereocenters. The van der Waals surface area contributed by atoms with Gasteiger partial charge in [0.05, 0.1) is 18.3 Å². The zero-order valence-corrected chi connectivity index (χ0v) is 10.8. The highest BCUT2D eigenvalue weighted by Crippen LogP contribution is 2.10. The molecule has 0 bridgehead atoms. The van der Waals surface area contributed by atoms with E-state index in [4.69, 9.17) is 16.7 Å². The van der Waals surface area contributed by atoms with Crippen LogP contribution in [0.15, 0.2) is 12.4 Å². The Kier molecular flexibility index (Phi) is 5.03. The van der Waals surface area contributed by atoms with E-state index in [1.54, 1.807) is 13.8 Å². The molecule has 1 aromatic heterocycles. The van der Waals surface area contributed by atoms with Crippen molar-refractivity contribution in [3.63, 3.8) is 0 Å². The minimum absolute atomic E-state index is 0.0417. The Morgan fingerprint density at radius 3 is 2.61 bits per heavy atom. The predicted octanol–water partition coefficient (Wildman–Crippen LogP) is 1.22. The lowest BCUT2D eigenvalue weighted by molar-refractivity contribution is -0.142. The number of hydrogen-bond acceptors (Lipinski definition) is 4. The number of carboxylic acids is 1. The number of hydrogen-bond donors (Lipinski definition) is 2. The second-order valence-corrected chi connectivity index (χ2v) is 4.51. The van der Waals surface area contributed by atoms with Crippen molar-refractivity contribution in [1.29, 1.82) is 0 Å². The zero-order chi connectivity index (χ0) is 13.7. The summed E-state index contributed by atoms with van der Waals surface area (Å²) in [5.41, 5.74) is 0.0652. The van der Waals surface area contributed by atoms with Crippen molar-refractivity contribution in [1.82, 2.24) is 15.3 Å². The van der Waals surface area contributed by atoms with E-state index in [-0.39, 0.29) is 23.3 Å². The minimum atomic E-state index is -0.942. The number of carbonyl (C=O) groups is 2. The van der Waals surface area contributed by atoms with Gasteiger partial charge in [0, 0.05) is 6.54 Å². The van der Waals surface area contributed by atoms with Crippen molar-refractivity contribution in [2.24, 2.45) is 11.8 Å². The third-order valence-electron chi connectivity index (χ3n) is 2.44. The van der Waals surface area contributed by atoms with Crippen molar-refractivity contribution in [3.8, 4) is 0 Å². The molecule has 0 spiro atoms. The maximum absolute atomic E-state index is 11.7. The first-order valence-corrected chi connectivity index (χ1v) is 5.78. The van der Waals surface area contributed by atoms with Crippen LogP contribution in [-0.2, 0) is 4.79 Å². The number of aromatic nitrogens is 2. The summed E-state index contributed by atoms with van der Waals surface area (Å²) < 4.78 is 0. The molecule has 0 aliphatic heterocycles. The van der Waals surface area contributed by atoms with Crippen molar-refractivity contribution in [3.05, 3.63) is 23.2 Å². The minimum Gasteiger partial charge on any atom is -0.481 e. The molecular weight excluding hydrogens is 258 g/mol. The maximum atomic E-state index is 11.7. The molecule has 18 heavy (non-hydrogen) atoms. The van der Waals surface area contributed by atoms with Crippen LogP contribution in [0, 0.1) is 11.8 Å². The third kappa shape index (κ3) is 3.96. The molecular formula is C11H14ClN3O3. The highest BCUT2D eigenvalue weighted by Gasteiger charge is 2.22. The summed E-state index contributed by atoms with van der Waals surface area (Å²) in [6, 6.07) is 0. The second-order valence-electron chi connectivity index (χ2n) is 4.13. The first-order chi connectivity index (χ1) is 8.41.